The number of amides is 2. The Bertz CT molecular complexity index is 544. The Morgan fingerprint density at radius 2 is 2.00 bits per heavy atom. The molecule has 0 radical (unpaired) electrons. The average Bonchev–Trinajstić information content (AvgIpc) is 2.32. The van der Waals surface area contributed by atoms with Gasteiger partial charge in [0, 0.05) is 15.5 Å². The number of carboxylic acid groups (broad SMARTS) is 1. The number of urea groups is 1. The van der Waals surface area contributed by atoms with Crippen molar-refractivity contribution < 1.29 is 14.7 Å². The highest BCUT2D eigenvalue weighted by Gasteiger charge is 2.44. The van der Waals surface area contributed by atoms with Crippen LogP contribution in [0.5, 0.6) is 0 Å². The van der Waals surface area contributed by atoms with E-state index in [-0.39, 0.29) is 6.54 Å². The minimum Gasteiger partial charge on any atom is -0.481 e. The molecule has 0 bridgehead atoms. The summed E-state index contributed by atoms with van der Waals surface area (Å²) in [7, 11) is 0. The van der Waals surface area contributed by atoms with Gasteiger partial charge in [0.1, 0.15) is 0 Å². The largest absolute Gasteiger partial charge is 0.481 e. The number of hydrogen-bond donors (Lipinski definition) is 3. The fourth-order valence-electron chi connectivity index (χ4n) is 2.08. The summed E-state index contributed by atoms with van der Waals surface area (Å²) in [5.41, 5.74) is -0.166. The number of benzene rings is 1. The molecule has 0 heterocycles. The standard InChI is InChI=1S/C13H14Br2N2O3/c14-8-2-3-9(15)10(6-8)17-12(20)16-7-13(11(18)19)4-1-5-13/h2-3,6H,1,4-5,7H2,(H,18,19)(H2,16,17,20). The number of halogens is 2. The van der Waals surface area contributed by atoms with Gasteiger partial charge in [-0.1, -0.05) is 22.4 Å². The number of anilines is 1. The molecular weight excluding hydrogens is 392 g/mol. The smallest absolute Gasteiger partial charge is 0.319 e. The van der Waals surface area contributed by atoms with E-state index >= 15 is 0 Å². The highest BCUT2D eigenvalue weighted by atomic mass is 79.9. The predicted octanol–water partition coefficient (Wildman–Crippen LogP) is 3.59. The van der Waals surface area contributed by atoms with Crippen molar-refractivity contribution in [2.24, 2.45) is 5.41 Å². The molecule has 1 aliphatic rings. The highest BCUT2D eigenvalue weighted by Crippen LogP contribution is 2.40. The topological polar surface area (TPSA) is 78.4 Å². The third-order valence-corrected chi connectivity index (χ3v) is 4.71. The molecule has 0 atom stereocenters. The molecule has 0 saturated heterocycles. The maximum atomic E-state index is 11.8. The van der Waals surface area contributed by atoms with Crippen LogP contribution in [0.25, 0.3) is 0 Å². The molecule has 5 nitrogen and oxygen atoms in total. The molecule has 7 heteroatoms. The van der Waals surface area contributed by atoms with E-state index in [1.54, 1.807) is 6.07 Å². The number of nitrogens with one attached hydrogen (secondary N) is 2. The SMILES string of the molecule is O=C(NCC1(C(=O)O)CCC1)Nc1cc(Br)ccc1Br. The first-order chi connectivity index (χ1) is 9.43. The molecule has 0 aromatic heterocycles. The van der Waals surface area contributed by atoms with Crippen molar-refractivity contribution >= 4 is 49.5 Å². The number of rotatable bonds is 4. The Morgan fingerprint density at radius 1 is 1.30 bits per heavy atom. The maximum absolute atomic E-state index is 11.8. The van der Waals surface area contributed by atoms with Crippen molar-refractivity contribution in [2.45, 2.75) is 19.3 Å². The van der Waals surface area contributed by atoms with Gasteiger partial charge >= 0.3 is 12.0 Å². The molecule has 3 N–H and O–H groups in total. The molecule has 1 saturated carbocycles. The zero-order valence-electron chi connectivity index (χ0n) is 10.6. The Kier molecular flexibility index (Phi) is 4.70. The lowest BCUT2D eigenvalue weighted by atomic mass is 9.69. The number of carboxylic acids is 1. The normalized spacial score (nSPS) is 16.1. The van der Waals surface area contributed by atoms with Crippen LogP contribution >= 0.6 is 31.9 Å². The summed E-state index contributed by atoms with van der Waals surface area (Å²) >= 11 is 6.67. The van der Waals surface area contributed by atoms with Crippen molar-refractivity contribution in [1.29, 1.82) is 0 Å². The number of carbonyl (C=O) groups excluding carboxylic acids is 1. The zero-order valence-corrected chi connectivity index (χ0v) is 13.8. The summed E-state index contributed by atoms with van der Waals surface area (Å²) in [4.78, 5) is 23.0. The first kappa shape index (κ1) is 15.3. The number of hydrogen-bond acceptors (Lipinski definition) is 2. The van der Waals surface area contributed by atoms with E-state index in [2.05, 4.69) is 42.5 Å². The van der Waals surface area contributed by atoms with E-state index in [0.29, 0.717) is 18.5 Å². The lowest BCUT2D eigenvalue weighted by molar-refractivity contribution is -0.153. The summed E-state index contributed by atoms with van der Waals surface area (Å²) in [5.74, 6) is -0.840. The van der Waals surface area contributed by atoms with Crippen LogP contribution in [-0.4, -0.2) is 23.7 Å². The molecule has 1 aliphatic carbocycles. The maximum Gasteiger partial charge on any atom is 0.319 e. The summed E-state index contributed by atoms with van der Waals surface area (Å²) in [6.45, 7) is 0.153. The van der Waals surface area contributed by atoms with Gasteiger partial charge in [0.25, 0.3) is 0 Å². The quantitative estimate of drug-likeness (QED) is 0.716. The second kappa shape index (κ2) is 6.13. The first-order valence-electron chi connectivity index (χ1n) is 6.16. The third kappa shape index (κ3) is 3.32. The van der Waals surface area contributed by atoms with Crippen LogP contribution in [0.4, 0.5) is 10.5 Å². The molecule has 108 valence electrons. The van der Waals surface area contributed by atoms with Gasteiger partial charge in [-0.05, 0) is 47.0 Å². The number of aliphatic carboxylic acids is 1. The van der Waals surface area contributed by atoms with Crippen LogP contribution in [0, 0.1) is 5.41 Å². The lowest BCUT2D eigenvalue weighted by Gasteiger charge is -2.37. The van der Waals surface area contributed by atoms with Gasteiger partial charge in [0.05, 0.1) is 11.1 Å². The molecule has 1 aromatic rings. The van der Waals surface area contributed by atoms with Gasteiger partial charge in [0.15, 0.2) is 0 Å². The molecule has 2 amide bonds. The van der Waals surface area contributed by atoms with Crippen LogP contribution in [0.15, 0.2) is 27.1 Å². The van der Waals surface area contributed by atoms with Crippen molar-refractivity contribution in [3.63, 3.8) is 0 Å². The molecule has 0 aliphatic heterocycles. The van der Waals surface area contributed by atoms with Crippen LogP contribution in [0.1, 0.15) is 19.3 Å². The van der Waals surface area contributed by atoms with E-state index in [1.165, 1.54) is 0 Å². The second-order valence-corrected chi connectivity index (χ2v) is 6.64. The molecule has 1 aromatic carbocycles. The molecule has 20 heavy (non-hydrogen) atoms. The summed E-state index contributed by atoms with van der Waals surface area (Å²) in [6.07, 6.45) is 2.12. The minimum absolute atomic E-state index is 0.153. The van der Waals surface area contributed by atoms with E-state index in [0.717, 1.165) is 15.4 Å². The summed E-state index contributed by atoms with van der Waals surface area (Å²) in [6, 6.07) is 5.02. The van der Waals surface area contributed by atoms with Gasteiger partial charge in [-0.15, -0.1) is 0 Å². The van der Waals surface area contributed by atoms with Gasteiger partial charge in [0.2, 0.25) is 0 Å². The van der Waals surface area contributed by atoms with Crippen LogP contribution in [0.2, 0.25) is 0 Å². The zero-order chi connectivity index (χ0) is 14.8. The van der Waals surface area contributed by atoms with Crippen molar-refractivity contribution in [3.05, 3.63) is 27.1 Å². The van der Waals surface area contributed by atoms with Gasteiger partial charge in [-0.25, -0.2) is 4.79 Å². The van der Waals surface area contributed by atoms with Gasteiger partial charge in [-0.2, -0.15) is 0 Å². The second-order valence-electron chi connectivity index (χ2n) is 4.87. The lowest BCUT2D eigenvalue weighted by Crippen LogP contribution is -2.48. The molecule has 0 spiro atoms. The Balaban J connectivity index is 1.93. The van der Waals surface area contributed by atoms with E-state index in [1.807, 2.05) is 12.1 Å². The molecular formula is C13H14Br2N2O3. The highest BCUT2D eigenvalue weighted by molar-refractivity contribution is 9.11. The molecule has 2 rings (SSSR count). The van der Waals surface area contributed by atoms with Crippen LogP contribution in [-0.2, 0) is 4.79 Å². The molecule has 1 fully saturated rings. The molecule has 0 unspecified atom stereocenters. The van der Waals surface area contributed by atoms with Crippen molar-refractivity contribution in [3.8, 4) is 0 Å². The summed E-state index contributed by atoms with van der Waals surface area (Å²) < 4.78 is 1.60. The van der Waals surface area contributed by atoms with Gasteiger partial charge < -0.3 is 15.7 Å². The fourth-order valence-corrected chi connectivity index (χ4v) is 2.79. The van der Waals surface area contributed by atoms with E-state index in [9.17, 15) is 14.7 Å². The average molecular weight is 406 g/mol. The first-order valence-corrected chi connectivity index (χ1v) is 7.75. The minimum atomic E-state index is -0.840. The fraction of sp³-hybridized carbons (Fsp3) is 0.385. The van der Waals surface area contributed by atoms with Crippen molar-refractivity contribution in [1.82, 2.24) is 5.32 Å². The van der Waals surface area contributed by atoms with E-state index < -0.39 is 17.4 Å². The van der Waals surface area contributed by atoms with Crippen LogP contribution in [0.3, 0.4) is 0 Å². The number of carbonyl (C=O) groups is 2. The Morgan fingerprint density at radius 3 is 2.55 bits per heavy atom. The third-order valence-electron chi connectivity index (χ3n) is 3.53. The predicted molar refractivity (Wildman–Crippen MR) is 82.8 cm³/mol. The van der Waals surface area contributed by atoms with Crippen molar-refractivity contribution in [2.75, 3.05) is 11.9 Å². The Hall–Kier alpha value is -1.08. The van der Waals surface area contributed by atoms with E-state index in [4.69, 9.17) is 0 Å². The summed E-state index contributed by atoms with van der Waals surface area (Å²) in [5, 5.41) is 14.5. The monoisotopic (exact) mass is 404 g/mol. The Labute approximate surface area is 133 Å². The van der Waals surface area contributed by atoms with Crippen LogP contribution < -0.4 is 10.6 Å². The van der Waals surface area contributed by atoms with Gasteiger partial charge in [-0.3, -0.25) is 4.79 Å².